The number of nitrogens with zero attached hydrogens (tertiary/aromatic N) is 3. The van der Waals surface area contributed by atoms with Crippen LogP contribution < -0.4 is 0 Å². The molecule has 0 bridgehead atoms. The van der Waals surface area contributed by atoms with Gasteiger partial charge in [-0.05, 0) is 49.2 Å². The van der Waals surface area contributed by atoms with Gasteiger partial charge in [-0.15, -0.1) is 0 Å². The number of cyclic esters (lactones) is 1. The molecule has 1 aliphatic rings. The molecule has 1 aliphatic heterocycles. The van der Waals surface area contributed by atoms with E-state index >= 15 is 0 Å². The molecule has 0 unspecified atom stereocenters. The van der Waals surface area contributed by atoms with Crippen LogP contribution in [0.15, 0.2) is 65.3 Å². The highest BCUT2D eigenvalue weighted by Gasteiger charge is 2.25. The lowest BCUT2D eigenvalue weighted by Crippen LogP contribution is -2.05. The third kappa shape index (κ3) is 3.37. The van der Waals surface area contributed by atoms with Crippen molar-refractivity contribution in [3.05, 3.63) is 87.8 Å². The zero-order valence-corrected chi connectivity index (χ0v) is 16.3. The average molecular weight is 392 g/mol. The summed E-state index contributed by atoms with van der Waals surface area (Å²) in [6.07, 6.45) is 2.57. The number of halogens is 1. The van der Waals surface area contributed by atoms with E-state index in [-0.39, 0.29) is 5.70 Å². The van der Waals surface area contributed by atoms with Crippen LogP contribution in [0.1, 0.15) is 29.3 Å². The summed E-state index contributed by atoms with van der Waals surface area (Å²) in [4.78, 5) is 16.7. The third-order valence-corrected chi connectivity index (χ3v) is 4.92. The van der Waals surface area contributed by atoms with Crippen LogP contribution in [0.5, 0.6) is 0 Å². The van der Waals surface area contributed by atoms with E-state index in [1.165, 1.54) is 5.56 Å². The maximum Gasteiger partial charge on any atom is 0.363 e. The fourth-order valence-corrected chi connectivity index (χ4v) is 3.29. The van der Waals surface area contributed by atoms with Gasteiger partial charge >= 0.3 is 5.97 Å². The summed E-state index contributed by atoms with van der Waals surface area (Å²) in [5, 5.41) is 4.90. The second-order valence-corrected chi connectivity index (χ2v) is 6.78. The summed E-state index contributed by atoms with van der Waals surface area (Å²) in [5.41, 5.74) is 4.35. The molecule has 0 N–H and O–H groups in total. The van der Waals surface area contributed by atoms with E-state index in [0.717, 1.165) is 17.7 Å². The lowest BCUT2D eigenvalue weighted by Gasteiger charge is -2.01. The van der Waals surface area contributed by atoms with Crippen molar-refractivity contribution < 1.29 is 9.53 Å². The molecule has 4 rings (SSSR count). The molecule has 5 nitrogen and oxygen atoms in total. The first-order valence-corrected chi connectivity index (χ1v) is 9.37. The highest BCUT2D eigenvalue weighted by molar-refractivity contribution is 6.31. The first-order valence-electron chi connectivity index (χ1n) is 8.99. The molecule has 2 aromatic carbocycles. The molecule has 3 aromatic rings. The Morgan fingerprint density at radius 2 is 1.82 bits per heavy atom. The molecular formula is C22H18ClN3O2. The normalized spacial score (nSPS) is 15.0. The molecule has 0 atom stereocenters. The van der Waals surface area contributed by atoms with Crippen LogP contribution >= 0.6 is 11.6 Å². The van der Waals surface area contributed by atoms with Gasteiger partial charge in [0.2, 0.25) is 5.90 Å². The molecule has 0 saturated carbocycles. The van der Waals surface area contributed by atoms with Crippen LogP contribution in [0.3, 0.4) is 0 Å². The van der Waals surface area contributed by atoms with Gasteiger partial charge in [-0.2, -0.15) is 5.10 Å². The van der Waals surface area contributed by atoms with Gasteiger partial charge in [0.25, 0.3) is 0 Å². The fraction of sp³-hybridized carbons (Fsp3) is 0.136. The van der Waals surface area contributed by atoms with E-state index in [2.05, 4.69) is 17.0 Å². The molecule has 0 radical (unpaired) electrons. The second kappa shape index (κ2) is 7.44. The first kappa shape index (κ1) is 18.2. The first-order chi connectivity index (χ1) is 13.6. The van der Waals surface area contributed by atoms with Gasteiger partial charge in [-0.3, -0.25) is 0 Å². The predicted molar refractivity (Wildman–Crippen MR) is 110 cm³/mol. The minimum absolute atomic E-state index is 0.201. The number of esters is 1. The Balaban J connectivity index is 1.70. The number of para-hydroxylation sites is 1. The van der Waals surface area contributed by atoms with Gasteiger partial charge in [-0.25, -0.2) is 14.5 Å². The van der Waals surface area contributed by atoms with Crippen LogP contribution in [-0.2, 0) is 16.0 Å². The molecule has 0 saturated heterocycles. The molecule has 6 heteroatoms. The topological polar surface area (TPSA) is 56.5 Å². The predicted octanol–water partition coefficient (Wildman–Crippen LogP) is 4.74. The third-order valence-electron chi connectivity index (χ3n) is 4.56. The van der Waals surface area contributed by atoms with Gasteiger partial charge in [0, 0.05) is 11.1 Å². The second-order valence-electron chi connectivity index (χ2n) is 6.42. The number of aromatic nitrogens is 2. The van der Waals surface area contributed by atoms with Gasteiger partial charge < -0.3 is 4.74 Å². The fourth-order valence-electron chi connectivity index (χ4n) is 2.97. The summed E-state index contributed by atoms with van der Waals surface area (Å²) >= 11 is 6.53. The lowest BCUT2D eigenvalue weighted by atomic mass is 10.1. The maximum absolute atomic E-state index is 12.3. The van der Waals surface area contributed by atoms with E-state index in [1.807, 2.05) is 61.5 Å². The number of rotatable bonds is 4. The molecule has 28 heavy (non-hydrogen) atoms. The lowest BCUT2D eigenvalue weighted by molar-refractivity contribution is -0.129. The number of hydrogen-bond acceptors (Lipinski definition) is 4. The Hall–Kier alpha value is -3.18. The number of carbonyl (C=O) groups is 1. The molecular weight excluding hydrogens is 374 g/mol. The smallest absolute Gasteiger partial charge is 0.363 e. The van der Waals surface area contributed by atoms with E-state index in [9.17, 15) is 4.79 Å². The summed E-state index contributed by atoms with van der Waals surface area (Å²) in [5.74, 6) is -0.208. The van der Waals surface area contributed by atoms with Crippen LogP contribution in [0.4, 0.5) is 0 Å². The van der Waals surface area contributed by atoms with E-state index in [4.69, 9.17) is 16.3 Å². The van der Waals surface area contributed by atoms with Crippen molar-refractivity contribution in [1.29, 1.82) is 0 Å². The van der Waals surface area contributed by atoms with Crippen LogP contribution in [0.2, 0.25) is 5.15 Å². The zero-order chi connectivity index (χ0) is 19.7. The highest BCUT2D eigenvalue weighted by Crippen LogP contribution is 2.28. The largest absolute Gasteiger partial charge is 0.402 e. The van der Waals surface area contributed by atoms with Gasteiger partial charge in [0.1, 0.15) is 5.15 Å². The molecule has 1 aromatic heterocycles. The summed E-state index contributed by atoms with van der Waals surface area (Å²) < 4.78 is 6.99. The Kier molecular flexibility index (Phi) is 4.84. The molecule has 2 heterocycles. The van der Waals surface area contributed by atoms with Crippen molar-refractivity contribution >= 4 is 29.5 Å². The Labute approximate surface area is 167 Å². The summed E-state index contributed by atoms with van der Waals surface area (Å²) in [6, 6.07) is 17.4. The average Bonchev–Trinajstić information content (AvgIpc) is 3.23. The molecule has 0 amide bonds. The number of carbonyl (C=O) groups excluding carboxylic acids is 1. The summed E-state index contributed by atoms with van der Waals surface area (Å²) in [6.45, 7) is 3.93. The van der Waals surface area contributed by atoms with Crippen molar-refractivity contribution in [3.8, 4) is 5.69 Å². The van der Waals surface area contributed by atoms with Crippen LogP contribution in [0, 0.1) is 6.92 Å². The van der Waals surface area contributed by atoms with Crippen molar-refractivity contribution in [2.75, 3.05) is 0 Å². The maximum atomic E-state index is 12.3. The Morgan fingerprint density at radius 3 is 2.50 bits per heavy atom. The quantitative estimate of drug-likeness (QED) is 0.476. The standard InChI is InChI=1S/C22H18ClN3O2/c1-3-15-9-11-16(12-10-15)21-24-19(22(27)28-21)13-18-14(2)25-26(20(18)23)17-7-5-4-6-8-17/h4-13H,3H2,1-2H3. The molecule has 140 valence electrons. The summed E-state index contributed by atoms with van der Waals surface area (Å²) in [7, 11) is 0. The van der Waals surface area contributed by atoms with Crippen molar-refractivity contribution in [2.24, 2.45) is 4.99 Å². The van der Waals surface area contributed by atoms with Gasteiger partial charge in [0.05, 0.1) is 11.4 Å². The Bertz CT molecular complexity index is 1100. The van der Waals surface area contributed by atoms with Crippen molar-refractivity contribution in [1.82, 2.24) is 9.78 Å². The SMILES string of the molecule is CCc1ccc(C2=NC(=Cc3c(C)nn(-c4ccccc4)c3Cl)C(=O)O2)cc1. The van der Waals surface area contributed by atoms with Crippen molar-refractivity contribution in [3.63, 3.8) is 0 Å². The molecule has 0 fully saturated rings. The van der Waals surface area contributed by atoms with Crippen molar-refractivity contribution in [2.45, 2.75) is 20.3 Å². The van der Waals surface area contributed by atoms with Crippen LogP contribution in [-0.4, -0.2) is 21.6 Å². The molecule has 0 aliphatic carbocycles. The number of benzene rings is 2. The minimum atomic E-state index is -0.502. The highest BCUT2D eigenvalue weighted by atomic mass is 35.5. The number of aryl methyl sites for hydroxylation is 2. The van der Waals surface area contributed by atoms with Gasteiger partial charge in [-0.1, -0.05) is 48.9 Å². The Morgan fingerprint density at radius 1 is 1.11 bits per heavy atom. The zero-order valence-electron chi connectivity index (χ0n) is 15.5. The number of ether oxygens (including phenoxy) is 1. The van der Waals surface area contributed by atoms with E-state index in [0.29, 0.717) is 22.3 Å². The van der Waals surface area contributed by atoms with Gasteiger partial charge in [0.15, 0.2) is 5.70 Å². The van der Waals surface area contributed by atoms with Crippen LogP contribution in [0.25, 0.3) is 11.8 Å². The monoisotopic (exact) mass is 391 g/mol. The van der Waals surface area contributed by atoms with E-state index in [1.54, 1.807) is 10.8 Å². The van der Waals surface area contributed by atoms with E-state index < -0.39 is 5.97 Å². The number of aliphatic imine (C=N–C) groups is 1. The molecule has 0 spiro atoms. The number of hydrogen-bond donors (Lipinski definition) is 0. The minimum Gasteiger partial charge on any atom is -0.402 e.